The van der Waals surface area contributed by atoms with Crippen LogP contribution >= 0.6 is 12.6 Å². The van der Waals surface area contributed by atoms with Crippen molar-refractivity contribution in [2.24, 2.45) is 0 Å². The molecule has 2 nitrogen and oxygen atoms in total. The number of hydrogen-bond acceptors (Lipinski definition) is 3. The fraction of sp³-hybridized carbons (Fsp3) is 0.444. The van der Waals surface area contributed by atoms with E-state index in [0.717, 1.165) is 4.91 Å². The van der Waals surface area contributed by atoms with Crippen molar-refractivity contribution >= 4 is 18.6 Å². The highest BCUT2D eigenvalue weighted by Crippen LogP contribution is 2.04. The number of esters is 1. The van der Waals surface area contributed by atoms with Crippen molar-refractivity contribution in [1.82, 2.24) is 0 Å². The second-order valence-corrected chi connectivity index (χ2v) is 3.40. The van der Waals surface area contributed by atoms with Gasteiger partial charge in [-0.2, -0.15) is 0 Å². The van der Waals surface area contributed by atoms with E-state index >= 15 is 0 Å². The standard InChI is InChI=1S/C9H14O2S/c1-6(2)9(10)11-7(3)5-8(4)12/h5,7,12H,1H2,2-4H3. The second kappa shape index (κ2) is 5.04. The molecule has 0 bridgehead atoms. The van der Waals surface area contributed by atoms with E-state index in [-0.39, 0.29) is 12.1 Å². The minimum atomic E-state index is -0.367. The lowest BCUT2D eigenvalue weighted by Gasteiger charge is -2.08. The van der Waals surface area contributed by atoms with E-state index in [1.807, 2.05) is 6.92 Å². The van der Waals surface area contributed by atoms with Gasteiger partial charge in [-0.1, -0.05) is 6.58 Å². The Bertz CT molecular complexity index is 215. The maximum atomic E-state index is 11.0. The summed E-state index contributed by atoms with van der Waals surface area (Å²) >= 11 is 4.06. The van der Waals surface area contributed by atoms with Gasteiger partial charge in [0.1, 0.15) is 6.10 Å². The number of allylic oxidation sites excluding steroid dienone is 1. The first kappa shape index (κ1) is 11.3. The fourth-order valence-electron chi connectivity index (χ4n) is 0.643. The van der Waals surface area contributed by atoms with Gasteiger partial charge in [0.2, 0.25) is 0 Å². The molecule has 0 aliphatic heterocycles. The Morgan fingerprint density at radius 1 is 1.58 bits per heavy atom. The summed E-state index contributed by atoms with van der Waals surface area (Å²) in [5.74, 6) is -0.367. The number of thiol groups is 1. The van der Waals surface area contributed by atoms with E-state index in [1.165, 1.54) is 0 Å². The Morgan fingerprint density at radius 2 is 2.08 bits per heavy atom. The van der Waals surface area contributed by atoms with Crippen LogP contribution in [0.1, 0.15) is 20.8 Å². The van der Waals surface area contributed by atoms with Crippen molar-refractivity contribution in [3.05, 3.63) is 23.1 Å². The molecular formula is C9H14O2S. The van der Waals surface area contributed by atoms with E-state index < -0.39 is 0 Å². The van der Waals surface area contributed by atoms with Crippen LogP contribution in [0.15, 0.2) is 23.1 Å². The number of carbonyl (C=O) groups excluding carboxylic acids is 1. The molecule has 68 valence electrons. The van der Waals surface area contributed by atoms with Gasteiger partial charge in [0.05, 0.1) is 0 Å². The summed E-state index contributed by atoms with van der Waals surface area (Å²) < 4.78 is 4.96. The number of rotatable bonds is 3. The van der Waals surface area contributed by atoms with Crippen LogP contribution in [0.3, 0.4) is 0 Å². The predicted octanol–water partition coefficient (Wildman–Crippen LogP) is 2.33. The van der Waals surface area contributed by atoms with Gasteiger partial charge in [-0.3, -0.25) is 0 Å². The normalized spacial score (nSPS) is 13.8. The zero-order valence-corrected chi connectivity index (χ0v) is 8.52. The van der Waals surface area contributed by atoms with Gasteiger partial charge in [0.25, 0.3) is 0 Å². The molecule has 0 heterocycles. The summed E-state index contributed by atoms with van der Waals surface area (Å²) in [4.78, 5) is 11.8. The SMILES string of the molecule is C=C(C)C(=O)OC(C)C=C(C)S. The van der Waals surface area contributed by atoms with Crippen LogP contribution in [0.2, 0.25) is 0 Å². The minimum absolute atomic E-state index is 0.244. The highest BCUT2D eigenvalue weighted by Gasteiger charge is 2.06. The molecule has 0 aliphatic rings. The van der Waals surface area contributed by atoms with Crippen molar-refractivity contribution in [3.8, 4) is 0 Å². The van der Waals surface area contributed by atoms with E-state index in [4.69, 9.17) is 4.74 Å². The van der Waals surface area contributed by atoms with Crippen molar-refractivity contribution < 1.29 is 9.53 Å². The van der Waals surface area contributed by atoms with Gasteiger partial charge in [-0.15, -0.1) is 12.6 Å². The van der Waals surface area contributed by atoms with Gasteiger partial charge in [-0.25, -0.2) is 4.79 Å². The lowest BCUT2D eigenvalue weighted by Crippen LogP contribution is -2.13. The Hall–Kier alpha value is -0.700. The van der Waals surface area contributed by atoms with Crippen LogP contribution < -0.4 is 0 Å². The summed E-state index contributed by atoms with van der Waals surface area (Å²) in [7, 11) is 0. The van der Waals surface area contributed by atoms with Gasteiger partial charge >= 0.3 is 5.97 Å². The molecule has 0 aromatic carbocycles. The Kier molecular flexibility index (Phi) is 4.74. The van der Waals surface area contributed by atoms with Crippen LogP contribution in [0, 0.1) is 0 Å². The molecule has 1 unspecified atom stereocenters. The van der Waals surface area contributed by atoms with Crippen molar-refractivity contribution in [2.75, 3.05) is 0 Å². The predicted molar refractivity (Wildman–Crippen MR) is 53.1 cm³/mol. The highest BCUT2D eigenvalue weighted by atomic mass is 32.1. The number of carbonyl (C=O) groups is 1. The first-order valence-electron chi connectivity index (χ1n) is 3.67. The van der Waals surface area contributed by atoms with E-state index in [2.05, 4.69) is 19.2 Å². The average Bonchev–Trinajstić information content (AvgIpc) is 1.84. The third kappa shape index (κ3) is 5.02. The first-order chi connectivity index (χ1) is 5.43. The summed E-state index contributed by atoms with van der Waals surface area (Å²) in [6.07, 6.45) is 1.51. The minimum Gasteiger partial charge on any atom is -0.455 e. The number of hydrogen-bond donors (Lipinski definition) is 1. The van der Waals surface area contributed by atoms with Crippen LogP contribution in [-0.2, 0) is 9.53 Å². The smallest absolute Gasteiger partial charge is 0.333 e. The lowest BCUT2D eigenvalue weighted by molar-refractivity contribution is -0.141. The molecule has 0 saturated carbocycles. The molecule has 0 aliphatic carbocycles. The van der Waals surface area contributed by atoms with E-state index in [9.17, 15) is 4.79 Å². The topological polar surface area (TPSA) is 26.3 Å². The first-order valence-corrected chi connectivity index (χ1v) is 4.12. The molecule has 0 amide bonds. The highest BCUT2D eigenvalue weighted by molar-refractivity contribution is 7.84. The molecule has 0 saturated heterocycles. The Morgan fingerprint density at radius 3 is 2.42 bits per heavy atom. The monoisotopic (exact) mass is 186 g/mol. The lowest BCUT2D eigenvalue weighted by atomic mass is 10.3. The van der Waals surface area contributed by atoms with Gasteiger partial charge in [-0.05, 0) is 31.8 Å². The number of ether oxygens (including phenoxy) is 1. The zero-order valence-electron chi connectivity index (χ0n) is 7.63. The van der Waals surface area contributed by atoms with Crippen LogP contribution in [-0.4, -0.2) is 12.1 Å². The van der Waals surface area contributed by atoms with Gasteiger partial charge < -0.3 is 4.74 Å². The summed E-state index contributed by atoms with van der Waals surface area (Å²) in [5, 5.41) is 0. The Labute approximate surface area is 78.7 Å². The second-order valence-electron chi connectivity index (χ2n) is 2.70. The zero-order chi connectivity index (χ0) is 9.72. The quantitative estimate of drug-likeness (QED) is 0.416. The molecule has 0 rings (SSSR count). The van der Waals surface area contributed by atoms with Crippen molar-refractivity contribution in [2.45, 2.75) is 26.9 Å². The fourth-order valence-corrected chi connectivity index (χ4v) is 0.853. The van der Waals surface area contributed by atoms with Crippen LogP contribution in [0.25, 0.3) is 0 Å². The maximum Gasteiger partial charge on any atom is 0.333 e. The molecular weight excluding hydrogens is 172 g/mol. The van der Waals surface area contributed by atoms with Crippen LogP contribution in [0.4, 0.5) is 0 Å². The molecule has 3 heteroatoms. The molecule has 1 atom stereocenters. The maximum absolute atomic E-state index is 11.0. The summed E-state index contributed by atoms with van der Waals surface area (Å²) in [6, 6.07) is 0. The molecule has 12 heavy (non-hydrogen) atoms. The third-order valence-corrected chi connectivity index (χ3v) is 1.27. The van der Waals surface area contributed by atoms with E-state index in [0.29, 0.717) is 5.57 Å². The molecule has 0 N–H and O–H groups in total. The van der Waals surface area contributed by atoms with Crippen molar-refractivity contribution in [1.29, 1.82) is 0 Å². The van der Waals surface area contributed by atoms with Crippen molar-refractivity contribution in [3.63, 3.8) is 0 Å². The van der Waals surface area contributed by atoms with Gasteiger partial charge in [0.15, 0.2) is 0 Å². The Balaban J connectivity index is 4.02. The molecule has 0 aromatic rings. The summed E-state index contributed by atoms with van der Waals surface area (Å²) in [5.41, 5.74) is 0.409. The summed E-state index contributed by atoms with van der Waals surface area (Å²) in [6.45, 7) is 8.70. The van der Waals surface area contributed by atoms with Crippen LogP contribution in [0.5, 0.6) is 0 Å². The molecule has 0 spiro atoms. The largest absolute Gasteiger partial charge is 0.455 e. The van der Waals surface area contributed by atoms with Gasteiger partial charge in [0, 0.05) is 5.57 Å². The third-order valence-electron chi connectivity index (χ3n) is 1.12. The molecule has 0 fully saturated rings. The van der Waals surface area contributed by atoms with E-state index in [1.54, 1.807) is 19.9 Å². The average molecular weight is 186 g/mol. The molecule has 0 aromatic heterocycles. The molecule has 0 radical (unpaired) electrons.